The Morgan fingerprint density at radius 1 is 1.17 bits per heavy atom. The molecule has 192 valence electrons. The Kier molecular flexibility index (Phi) is 7.64. The predicted octanol–water partition coefficient (Wildman–Crippen LogP) is 1.43. The summed E-state index contributed by atoms with van der Waals surface area (Å²) in [5.41, 5.74) is 4.98. The zero-order valence-electron chi connectivity index (χ0n) is 21.3. The van der Waals surface area contributed by atoms with Gasteiger partial charge >= 0.3 is 5.76 Å². The number of aromatic nitrogens is 1. The minimum Gasteiger partial charge on any atom is -0.408 e. The maximum absolute atomic E-state index is 13.4. The first kappa shape index (κ1) is 25.3. The van der Waals surface area contributed by atoms with Crippen molar-refractivity contribution < 1.29 is 14.0 Å². The van der Waals surface area contributed by atoms with Gasteiger partial charge in [0.2, 0.25) is 5.91 Å². The summed E-state index contributed by atoms with van der Waals surface area (Å²) in [6, 6.07) is 3.57. The van der Waals surface area contributed by atoms with E-state index < -0.39 is 5.76 Å². The molecule has 0 fully saturated rings. The molecule has 0 spiro atoms. The van der Waals surface area contributed by atoms with Crippen molar-refractivity contribution in [2.75, 3.05) is 51.2 Å². The molecule has 0 atom stereocenters. The number of carbonyl (C=O) groups excluding carboxylic acids is 2. The van der Waals surface area contributed by atoms with Crippen molar-refractivity contribution in [3.8, 4) is 0 Å². The molecule has 10 nitrogen and oxygen atoms in total. The van der Waals surface area contributed by atoms with E-state index >= 15 is 0 Å². The average molecular weight is 495 g/mol. The summed E-state index contributed by atoms with van der Waals surface area (Å²) in [5.74, 6) is -0.811. The van der Waals surface area contributed by atoms with Crippen molar-refractivity contribution in [1.29, 1.82) is 0 Å². The summed E-state index contributed by atoms with van der Waals surface area (Å²) < 4.78 is 6.81. The third-order valence-electron chi connectivity index (χ3n) is 6.55. The van der Waals surface area contributed by atoms with E-state index in [-0.39, 0.29) is 24.9 Å². The van der Waals surface area contributed by atoms with Crippen LogP contribution in [0.2, 0.25) is 0 Å². The van der Waals surface area contributed by atoms with Gasteiger partial charge in [-0.05, 0) is 42.7 Å². The molecule has 4 rings (SSSR count). The fraction of sp³-hybridized carbons (Fsp3) is 0.423. The molecule has 2 N–H and O–H groups in total. The Morgan fingerprint density at radius 3 is 2.72 bits per heavy atom. The van der Waals surface area contributed by atoms with Crippen LogP contribution in [0.25, 0.3) is 11.1 Å². The molecule has 1 aromatic heterocycles. The number of rotatable bonds is 10. The van der Waals surface area contributed by atoms with Gasteiger partial charge in [-0.3, -0.25) is 24.2 Å². The summed E-state index contributed by atoms with van der Waals surface area (Å²) in [4.78, 5) is 39.9. The van der Waals surface area contributed by atoms with Gasteiger partial charge in [-0.25, -0.2) is 4.79 Å². The fourth-order valence-corrected chi connectivity index (χ4v) is 4.44. The Hall–Kier alpha value is -3.79. The number of likely N-dealkylation sites (N-methyl/N-ethyl adjacent to an activating group) is 2. The van der Waals surface area contributed by atoms with E-state index in [0.29, 0.717) is 36.4 Å². The minimum atomic E-state index is -0.461. The van der Waals surface area contributed by atoms with Gasteiger partial charge in [-0.2, -0.15) is 0 Å². The van der Waals surface area contributed by atoms with Crippen LogP contribution >= 0.6 is 0 Å². The van der Waals surface area contributed by atoms with Gasteiger partial charge in [0, 0.05) is 45.1 Å². The number of carbonyl (C=O) groups is 2. The van der Waals surface area contributed by atoms with E-state index in [1.54, 1.807) is 30.1 Å². The van der Waals surface area contributed by atoms with Crippen molar-refractivity contribution in [3.63, 3.8) is 0 Å². The normalized spacial score (nSPS) is 14.5. The number of nitrogens with one attached hydrogen (secondary N) is 2. The number of fused-ring (bicyclic) bond motifs is 2. The number of hydrogen-bond donors (Lipinski definition) is 2. The third-order valence-corrected chi connectivity index (χ3v) is 6.55. The quantitative estimate of drug-likeness (QED) is 0.482. The molecule has 0 unspecified atom stereocenters. The molecule has 0 bridgehead atoms. The molecular weight excluding hydrogens is 460 g/mol. The van der Waals surface area contributed by atoms with E-state index in [2.05, 4.69) is 22.8 Å². The van der Waals surface area contributed by atoms with Crippen LogP contribution in [0.15, 0.2) is 56.9 Å². The summed E-state index contributed by atoms with van der Waals surface area (Å²) in [6.07, 6.45) is 9.06. The van der Waals surface area contributed by atoms with Crippen LogP contribution in [-0.2, 0) is 16.6 Å². The fourth-order valence-electron chi connectivity index (χ4n) is 4.44. The smallest absolute Gasteiger partial charge is 0.408 e. The van der Waals surface area contributed by atoms with Crippen LogP contribution in [0, 0.1) is 6.92 Å². The highest BCUT2D eigenvalue weighted by Crippen LogP contribution is 2.29. The van der Waals surface area contributed by atoms with Gasteiger partial charge in [-0.1, -0.05) is 25.2 Å². The Balaban J connectivity index is 1.55. The maximum atomic E-state index is 13.4. The molecule has 2 amide bonds. The van der Waals surface area contributed by atoms with Gasteiger partial charge in [0.05, 0.1) is 25.2 Å². The minimum absolute atomic E-state index is 0.00865. The summed E-state index contributed by atoms with van der Waals surface area (Å²) in [7, 11) is 3.39. The molecule has 1 aromatic carbocycles. The van der Waals surface area contributed by atoms with Crippen molar-refractivity contribution >= 4 is 28.6 Å². The van der Waals surface area contributed by atoms with Crippen LogP contribution in [0.3, 0.4) is 0 Å². The first-order chi connectivity index (χ1) is 17.3. The van der Waals surface area contributed by atoms with Gasteiger partial charge < -0.3 is 20.0 Å². The molecule has 2 aliphatic rings. The molecule has 0 saturated carbocycles. The molecule has 36 heavy (non-hydrogen) atoms. The van der Waals surface area contributed by atoms with Crippen LogP contribution in [-0.4, -0.2) is 72.7 Å². The average Bonchev–Trinajstić information content (AvgIpc) is 3.41. The Morgan fingerprint density at radius 2 is 1.97 bits per heavy atom. The molecule has 1 aliphatic heterocycles. The molecule has 2 aromatic rings. The lowest BCUT2D eigenvalue weighted by Crippen LogP contribution is -2.48. The molecule has 1 aliphatic carbocycles. The van der Waals surface area contributed by atoms with E-state index in [9.17, 15) is 14.4 Å². The lowest BCUT2D eigenvalue weighted by Gasteiger charge is -2.32. The summed E-state index contributed by atoms with van der Waals surface area (Å²) in [6.45, 7) is 6.49. The number of benzene rings is 1. The maximum Gasteiger partial charge on any atom is 0.419 e. The van der Waals surface area contributed by atoms with E-state index in [1.807, 2.05) is 37.2 Å². The molecule has 2 heterocycles. The SMILES string of the molecule is CCNCCNC(=O)CN(CC(=O)N(C)N1C=C2CC=CC=C2C1)c1cc2oc(=O)n(C)c2cc1C. The lowest BCUT2D eigenvalue weighted by atomic mass is 10.0. The number of allylic oxidation sites excluding steroid dienone is 3. The highest BCUT2D eigenvalue weighted by atomic mass is 16.4. The topological polar surface area (TPSA) is 103 Å². The van der Waals surface area contributed by atoms with Gasteiger partial charge in [-0.15, -0.1) is 0 Å². The van der Waals surface area contributed by atoms with Crippen molar-refractivity contribution in [3.05, 3.63) is 63.8 Å². The third kappa shape index (κ3) is 5.38. The number of aryl methyl sites for hydroxylation is 2. The number of hydrogen-bond acceptors (Lipinski definition) is 7. The van der Waals surface area contributed by atoms with Crippen LogP contribution in [0.1, 0.15) is 18.9 Å². The number of oxazole rings is 1. The van der Waals surface area contributed by atoms with Gasteiger partial charge in [0.15, 0.2) is 5.58 Å². The lowest BCUT2D eigenvalue weighted by molar-refractivity contribution is -0.139. The zero-order chi connectivity index (χ0) is 25.8. The Labute approximate surface area is 210 Å². The molecule has 0 saturated heterocycles. The number of amides is 2. The Bertz CT molecular complexity index is 1300. The standard InChI is InChI=1S/C26H34N6O4/c1-5-27-10-11-28-24(33)16-31(21-13-23-22(12-18(21)2)29(3)26(35)36-23)17-25(34)30(4)32-14-19-8-6-7-9-20(19)15-32/h6-8,12-13,15,27H,5,9-11,14,16-17H2,1-4H3,(H,28,33). The van der Waals surface area contributed by atoms with Crippen LogP contribution in [0.4, 0.5) is 5.69 Å². The second-order valence-electron chi connectivity index (χ2n) is 9.09. The number of nitrogens with zero attached hydrogens (tertiary/aromatic N) is 4. The van der Waals surface area contributed by atoms with Crippen molar-refractivity contribution in [2.24, 2.45) is 7.05 Å². The van der Waals surface area contributed by atoms with Gasteiger partial charge in [0.1, 0.15) is 0 Å². The highest BCUT2D eigenvalue weighted by molar-refractivity contribution is 5.89. The summed E-state index contributed by atoms with van der Waals surface area (Å²) >= 11 is 0. The highest BCUT2D eigenvalue weighted by Gasteiger charge is 2.26. The van der Waals surface area contributed by atoms with Crippen molar-refractivity contribution in [1.82, 2.24) is 25.2 Å². The number of hydrazine groups is 1. The second-order valence-corrected chi connectivity index (χ2v) is 9.09. The monoisotopic (exact) mass is 494 g/mol. The molecular formula is C26H34N6O4. The van der Waals surface area contributed by atoms with E-state index in [4.69, 9.17) is 4.42 Å². The van der Waals surface area contributed by atoms with E-state index in [1.165, 1.54) is 15.7 Å². The largest absolute Gasteiger partial charge is 0.419 e. The first-order valence-electron chi connectivity index (χ1n) is 12.2. The van der Waals surface area contributed by atoms with Crippen LogP contribution in [0.5, 0.6) is 0 Å². The molecule has 10 heteroatoms. The first-order valence-corrected chi connectivity index (χ1v) is 12.2. The zero-order valence-corrected chi connectivity index (χ0v) is 21.3. The molecule has 0 radical (unpaired) electrons. The predicted molar refractivity (Wildman–Crippen MR) is 139 cm³/mol. The van der Waals surface area contributed by atoms with Crippen molar-refractivity contribution in [2.45, 2.75) is 20.3 Å². The van der Waals surface area contributed by atoms with E-state index in [0.717, 1.165) is 18.5 Å². The summed E-state index contributed by atoms with van der Waals surface area (Å²) in [5, 5.41) is 9.57. The van der Waals surface area contributed by atoms with Crippen LogP contribution < -0.4 is 21.3 Å². The van der Waals surface area contributed by atoms with Gasteiger partial charge in [0.25, 0.3) is 5.91 Å². The second kappa shape index (κ2) is 10.9. The number of anilines is 1.